The number of alkyl halides is 1. The highest BCUT2D eigenvalue weighted by atomic mass is 79.9. The van der Waals surface area contributed by atoms with E-state index in [1.165, 1.54) is 0 Å². The third kappa shape index (κ3) is 4.98. The molecule has 96 valence electrons. The summed E-state index contributed by atoms with van der Waals surface area (Å²) in [6.45, 7) is 4.77. The second-order valence-electron chi connectivity index (χ2n) is 4.45. The van der Waals surface area contributed by atoms with Crippen molar-refractivity contribution >= 4 is 31.9 Å². The van der Waals surface area contributed by atoms with Gasteiger partial charge in [0.2, 0.25) is 0 Å². The molecule has 0 heterocycles. The maximum atomic E-state index is 5.79. The van der Waals surface area contributed by atoms with Crippen LogP contribution in [0, 0.1) is 0 Å². The van der Waals surface area contributed by atoms with E-state index in [1.807, 2.05) is 12.1 Å². The van der Waals surface area contributed by atoms with Crippen molar-refractivity contribution in [2.24, 2.45) is 0 Å². The lowest BCUT2D eigenvalue weighted by Gasteiger charge is -2.23. The van der Waals surface area contributed by atoms with Crippen LogP contribution in [0.1, 0.15) is 25.8 Å². The van der Waals surface area contributed by atoms with Crippen molar-refractivity contribution in [3.63, 3.8) is 0 Å². The Balaban J connectivity index is 2.57. The van der Waals surface area contributed by atoms with Gasteiger partial charge in [0.25, 0.3) is 0 Å². The Morgan fingerprint density at radius 2 is 2.00 bits per heavy atom. The SMILES string of the molecule is COC(C)(C)CCOc1ccc(Br)cc1CBr. The molecule has 1 aromatic carbocycles. The fraction of sp³-hybridized carbons (Fsp3) is 0.538. The van der Waals surface area contributed by atoms with Gasteiger partial charge in [-0.05, 0) is 32.0 Å². The van der Waals surface area contributed by atoms with Crippen molar-refractivity contribution in [1.29, 1.82) is 0 Å². The zero-order chi connectivity index (χ0) is 12.9. The molecular formula is C13H18Br2O2. The van der Waals surface area contributed by atoms with Crippen LogP contribution < -0.4 is 4.74 Å². The minimum atomic E-state index is -0.135. The monoisotopic (exact) mass is 364 g/mol. The first-order valence-electron chi connectivity index (χ1n) is 5.51. The maximum Gasteiger partial charge on any atom is 0.123 e. The fourth-order valence-electron chi connectivity index (χ4n) is 1.30. The molecule has 0 unspecified atom stereocenters. The molecule has 0 spiro atoms. The second-order valence-corrected chi connectivity index (χ2v) is 5.92. The first kappa shape index (κ1) is 15.0. The van der Waals surface area contributed by atoms with E-state index >= 15 is 0 Å². The minimum Gasteiger partial charge on any atom is -0.493 e. The van der Waals surface area contributed by atoms with Gasteiger partial charge in [-0.1, -0.05) is 31.9 Å². The van der Waals surface area contributed by atoms with Gasteiger partial charge in [-0.3, -0.25) is 0 Å². The Kier molecular flexibility index (Phi) is 5.97. The van der Waals surface area contributed by atoms with Gasteiger partial charge in [0, 0.05) is 28.9 Å². The van der Waals surface area contributed by atoms with Crippen molar-refractivity contribution in [2.75, 3.05) is 13.7 Å². The van der Waals surface area contributed by atoms with Gasteiger partial charge >= 0.3 is 0 Å². The first-order valence-corrected chi connectivity index (χ1v) is 7.42. The molecule has 0 radical (unpaired) electrons. The third-order valence-corrected chi connectivity index (χ3v) is 3.78. The fourth-order valence-corrected chi connectivity index (χ4v) is 2.15. The van der Waals surface area contributed by atoms with Crippen LogP contribution in [0.5, 0.6) is 5.75 Å². The molecule has 0 aliphatic rings. The molecule has 0 saturated carbocycles. The molecule has 0 atom stereocenters. The minimum absolute atomic E-state index is 0.135. The molecule has 1 rings (SSSR count). The molecule has 0 saturated heterocycles. The quantitative estimate of drug-likeness (QED) is 0.689. The van der Waals surface area contributed by atoms with E-state index in [0.29, 0.717) is 6.61 Å². The van der Waals surface area contributed by atoms with E-state index < -0.39 is 0 Å². The highest BCUT2D eigenvalue weighted by Gasteiger charge is 2.16. The van der Waals surface area contributed by atoms with E-state index in [9.17, 15) is 0 Å². The van der Waals surface area contributed by atoms with Crippen molar-refractivity contribution in [3.05, 3.63) is 28.2 Å². The average molecular weight is 366 g/mol. The van der Waals surface area contributed by atoms with Gasteiger partial charge in [-0.25, -0.2) is 0 Å². The van der Waals surface area contributed by atoms with Gasteiger partial charge in [0.15, 0.2) is 0 Å². The largest absolute Gasteiger partial charge is 0.493 e. The predicted octanol–water partition coefficient (Wildman–Crippen LogP) is 4.54. The number of halogens is 2. The predicted molar refractivity (Wildman–Crippen MR) is 78.0 cm³/mol. The van der Waals surface area contributed by atoms with Crippen molar-refractivity contribution in [2.45, 2.75) is 31.2 Å². The van der Waals surface area contributed by atoms with E-state index in [-0.39, 0.29) is 5.60 Å². The molecular weight excluding hydrogens is 348 g/mol. The normalized spacial score (nSPS) is 11.6. The van der Waals surface area contributed by atoms with Crippen molar-refractivity contribution in [3.8, 4) is 5.75 Å². The summed E-state index contributed by atoms with van der Waals surface area (Å²) in [5.74, 6) is 0.928. The van der Waals surface area contributed by atoms with E-state index in [2.05, 4.69) is 51.8 Å². The smallest absolute Gasteiger partial charge is 0.123 e. The summed E-state index contributed by atoms with van der Waals surface area (Å²) in [6.07, 6.45) is 0.862. The summed E-state index contributed by atoms with van der Waals surface area (Å²) in [4.78, 5) is 0. The van der Waals surface area contributed by atoms with Gasteiger partial charge in [-0.2, -0.15) is 0 Å². The van der Waals surface area contributed by atoms with E-state index in [4.69, 9.17) is 9.47 Å². The Morgan fingerprint density at radius 1 is 1.29 bits per heavy atom. The molecule has 0 aromatic heterocycles. The Bertz CT molecular complexity index is 364. The van der Waals surface area contributed by atoms with E-state index in [0.717, 1.165) is 27.5 Å². The van der Waals surface area contributed by atoms with Crippen LogP contribution in [0.3, 0.4) is 0 Å². The molecule has 0 aliphatic heterocycles. The Morgan fingerprint density at radius 3 is 2.59 bits per heavy atom. The molecule has 0 bridgehead atoms. The average Bonchev–Trinajstić information content (AvgIpc) is 2.30. The van der Waals surface area contributed by atoms with Crippen LogP contribution in [-0.4, -0.2) is 19.3 Å². The number of hydrogen-bond acceptors (Lipinski definition) is 2. The van der Waals surface area contributed by atoms with Crippen LogP contribution >= 0.6 is 31.9 Å². The van der Waals surface area contributed by atoms with Crippen LogP contribution in [0.25, 0.3) is 0 Å². The zero-order valence-electron chi connectivity index (χ0n) is 10.4. The van der Waals surface area contributed by atoms with Crippen LogP contribution in [-0.2, 0) is 10.1 Å². The highest BCUT2D eigenvalue weighted by Crippen LogP contribution is 2.26. The van der Waals surface area contributed by atoms with Crippen LogP contribution in [0.4, 0.5) is 0 Å². The molecule has 2 nitrogen and oxygen atoms in total. The van der Waals surface area contributed by atoms with Crippen LogP contribution in [0.2, 0.25) is 0 Å². The van der Waals surface area contributed by atoms with E-state index in [1.54, 1.807) is 7.11 Å². The molecule has 0 N–H and O–H groups in total. The first-order chi connectivity index (χ1) is 7.98. The maximum absolute atomic E-state index is 5.79. The summed E-state index contributed by atoms with van der Waals surface area (Å²) < 4.78 is 12.2. The lowest BCUT2D eigenvalue weighted by Crippen LogP contribution is -2.25. The summed E-state index contributed by atoms with van der Waals surface area (Å²) in [5, 5.41) is 0.787. The summed E-state index contributed by atoms with van der Waals surface area (Å²) in [5.41, 5.74) is 1.01. The molecule has 17 heavy (non-hydrogen) atoms. The van der Waals surface area contributed by atoms with Crippen molar-refractivity contribution in [1.82, 2.24) is 0 Å². The van der Waals surface area contributed by atoms with Crippen LogP contribution in [0.15, 0.2) is 22.7 Å². The van der Waals surface area contributed by atoms with Gasteiger partial charge in [0.1, 0.15) is 5.75 Å². The summed E-state index contributed by atoms with van der Waals surface area (Å²) in [6, 6.07) is 6.04. The number of ether oxygens (including phenoxy) is 2. The highest BCUT2D eigenvalue weighted by molar-refractivity contribution is 9.10. The molecule has 0 fully saturated rings. The van der Waals surface area contributed by atoms with Gasteiger partial charge in [-0.15, -0.1) is 0 Å². The number of benzene rings is 1. The van der Waals surface area contributed by atoms with Crippen molar-refractivity contribution < 1.29 is 9.47 Å². The number of methoxy groups -OCH3 is 1. The lowest BCUT2D eigenvalue weighted by molar-refractivity contribution is 0.00539. The Labute approximate surface area is 120 Å². The topological polar surface area (TPSA) is 18.5 Å². The second kappa shape index (κ2) is 6.76. The molecule has 0 amide bonds. The third-order valence-electron chi connectivity index (χ3n) is 2.68. The standard InChI is InChI=1S/C13H18Br2O2/c1-13(2,16-3)6-7-17-12-5-4-11(15)8-10(12)9-14/h4-5,8H,6-7,9H2,1-3H3. The van der Waals surface area contributed by atoms with Gasteiger partial charge < -0.3 is 9.47 Å². The van der Waals surface area contributed by atoms with Gasteiger partial charge in [0.05, 0.1) is 12.2 Å². The molecule has 4 heteroatoms. The molecule has 0 aliphatic carbocycles. The molecule has 1 aromatic rings. The zero-order valence-corrected chi connectivity index (χ0v) is 13.6. The summed E-state index contributed by atoms with van der Waals surface area (Å²) >= 11 is 6.91. The lowest BCUT2D eigenvalue weighted by atomic mass is 10.1. The number of rotatable bonds is 6. The number of hydrogen-bond donors (Lipinski definition) is 0. The summed E-state index contributed by atoms with van der Waals surface area (Å²) in [7, 11) is 1.73. The Hall–Kier alpha value is -0.0600.